The first-order valence-corrected chi connectivity index (χ1v) is 7.61. The maximum atomic E-state index is 13.9. The van der Waals surface area contributed by atoms with Gasteiger partial charge >= 0.3 is 12.2 Å². The molecule has 1 fully saturated rings. The van der Waals surface area contributed by atoms with Crippen molar-refractivity contribution in [1.29, 1.82) is 0 Å². The predicted molar refractivity (Wildman–Crippen MR) is 76.0 cm³/mol. The second-order valence-electron chi connectivity index (χ2n) is 6.03. The van der Waals surface area contributed by atoms with Crippen LogP contribution in [0.2, 0.25) is 0 Å². The summed E-state index contributed by atoms with van der Waals surface area (Å²) < 4.78 is 55.7. The Morgan fingerprint density at radius 3 is 2.88 bits per heavy atom. The zero-order valence-electron chi connectivity index (χ0n) is 12.7. The number of rotatable bonds is 1. The number of nitrogens with zero attached hydrogens (tertiary/aromatic N) is 3. The number of aromatic nitrogens is 2. The zero-order chi connectivity index (χ0) is 17.8. The van der Waals surface area contributed by atoms with Crippen molar-refractivity contribution in [2.24, 2.45) is 0 Å². The van der Waals surface area contributed by atoms with Crippen LogP contribution in [0.15, 0.2) is 22.9 Å². The minimum atomic E-state index is -4.68. The molecule has 132 valence electrons. The Balaban J connectivity index is 1.56. The maximum absolute atomic E-state index is 13.9. The van der Waals surface area contributed by atoms with Crippen molar-refractivity contribution < 1.29 is 26.9 Å². The van der Waals surface area contributed by atoms with Crippen LogP contribution in [0.3, 0.4) is 0 Å². The molecule has 1 N–H and O–H groups in total. The van der Waals surface area contributed by atoms with Crippen LogP contribution in [0.25, 0.3) is 0 Å². The first-order valence-electron chi connectivity index (χ1n) is 7.61. The third kappa shape index (κ3) is 2.61. The summed E-state index contributed by atoms with van der Waals surface area (Å²) in [5, 5.41) is 5.55. The summed E-state index contributed by atoms with van der Waals surface area (Å²) in [5.74, 6) is -2.15. The van der Waals surface area contributed by atoms with E-state index < -0.39 is 23.9 Å². The Morgan fingerprint density at radius 2 is 2.16 bits per heavy atom. The summed E-state index contributed by atoms with van der Waals surface area (Å²) in [4.78, 5) is 17.7. The second kappa shape index (κ2) is 5.43. The van der Waals surface area contributed by atoms with Crippen LogP contribution in [-0.4, -0.2) is 27.1 Å². The highest BCUT2D eigenvalue weighted by atomic mass is 19.4. The van der Waals surface area contributed by atoms with E-state index in [9.17, 15) is 22.4 Å². The average Bonchev–Trinajstić information content (AvgIpc) is 3.12. The fourth-order valence-corrected chi connectivity index (χ4v) is 3.57. The van der Waals surface area contributed by atoms with E-state index in [2.05, 4.69) is 20.0 Å². The molecule has 4 rings (SSSR count). The molecular formula is C15H12F4N4O2. The van der Waals surface area contributed by atoms with Gasteiger partial charge in [-0.05, 0) is 30.9 Å². The molecule has 0 radical (unpaired) electrons. The van der Waals surface area contributed by atoms with Gasteiger partial charge in [-0.1, -0.05) is 5.16 Å². The standard InChI is InChI=1S/C15H12F4N4O2/c16-13-9-5-7-1-2-10(8(9)3-4-20-13)23(7)14(24)21-12-6-11(25-22-12)15(17,18)19/h3-4,6-7,10H,1-2,5H2,(H,21,22,24). The van der Waals surface area contributed by atoms with Crippen LogP contribution in [0, 0.1) is 5.95 Å². The Hall–Kier alpha value is -2.65. The van der Waals surface area contributed by atoms with Gasteiger partial charge in [-0.15, -0.1) is 0 Å². The number of carbonyl (C=O) groups is 1. The topological polar surface area (TPSA) is 71.3 Å². The molecule has 4 heterocycles. The summed E-state index contributed by atoms with van der Waals surface area (Å²) >= 11 is 0. The predicted octanol–water partition coefficient (Wildman–Crippen LogP) is 3.52. The van der Waals surface area contributed by atoms with Crippen LogP contribution in [0.1, 0.15) is 35.8 Å². The fraction of sp³-hybridized carbons (Fsp3) is 0.400. The van der Waals surface area contributed by atoms with Gasteiger partial charge < -0.3 is 9.42 Å². The third-order valence-electron chi connectivity index (χ3n) is 4.60. The number of urea groups is 1. The van der Waals surface area contributed by atoms with Crippen LogP contribution < -0.4 is 5.32 Å². The molecule has 0 aromatic carbocycles. The lowest BCUT2D eigenvalue weighted by molar-refractivity contribution is -0.155. The molecule has 2 aromatic heterocycles. The highest BCUT2D eigenvalue weighted by Crippen LogP contribution is 2.44. The molecular weight excluding hydrogens is 344 g/mol. The van der Waals surface area contributed by atoms with Gasteiger partial charge in [0.2, 0.25) is 11.7 Å². The van der Waals surface area contributed by atoms with Gasteiger partial charge in [0, 0.05) is 23.9 Å². The molecule has 2 aromatic rings. The minimum absolute atomic E-state index is 0.231. The van der Waals surface area contributed by atoms with Gasteiger partial charge in [0.1, 0.15) is 0 Å². The number of nitrogens with one attached hydrogen (secondary N) is 1. The quantitative estimate of drug-likeness (QED) is 0.627. The smallest absolute Gasteiger partial charge is 0.349 e. The molecule has 2 unspecified atom stereocenters. The molecule has 0 spiro atoms. The van der Waals surface area contributed by atoms with Gasteiger partial charge in [0.25, 0.3) is 0 Å². The van der Waals surface area contributed by atoms with E-state index in [0.717, 1.165) is 0 Å². The lowest BCUT2D eigenvalue weighted by Crippen LogP contribution is -2.44. The number of carbonyl (C=O) groups excluding carboxylic acids is 1. The van der Waals surface area contributed by atoms with Crippen LogP contribution in [-0.2, 0) is 12.6 Å². The molecule has 25 heavy (non-hydrogen) atoms. The third-order valence-corrected chi connectivity index (χ3v) is 4.60. The number of halogens is 4. The van der Waals surface area contributed by atoms with Crippen molar-refractivity contribution in [2.75, 3.05) is 5.32 Å². The van der Waals surface area contributed by atoms with Crippen LogP contribution >= 0.6 is 0 Å². The number of fused-ring (bicyclic) bond motifs is 4. The van der Waals surface area contributed by atoms with Crippen molar-refractivity contribution in [3.63, 3.8) is 0 Å². The molecule has 10 heteroatoms. The van der Waals surface area contributed by atoms with Gasteiger partial charge in [0.05, 0.1) is 6.04 Å². The van der Waals surface area contributed by atoms with E-state index in [1.54, 1.807) is 6.07 Å². The van der Waals surface area contributed by atoms with Crippen molar-refractivity contribution in [1.82, 2.24) is 15.0 Å². The van der Waals surface area contributed by atoms with Gasteiger partial charge in [0.15, 0.2) is 5.82 Å². The molecule has 2 aliphatic heterocycles. The van der Waals surface area contributed by atoms with E-state index in [-0.39, 0.29) is 17.9 Å². The number of hydrogen-bond donors (Lipinski definition) is 1. The lowest BCUT2D eigenvalue weighted by atomic mass is 9.95. The fourth-order valence-electron chi connectivity index (χ4n) is 3.57. The van der Waals surface area contributed by atoms with E-state index in [0.29, 0.717) is 36.5 Å². The van der Waals surface area contributed by atoms with E-state index >= 15 is 0 Å². The molecule has 2 aliphatic rings. The number of alkyl halides is 3. The molecule has 0 saturated carbocycles. The monoisotopic (exact) mass is 356 g/mol. The van der Waals surface area contributed by atoms with E-state index in [1.165, 1.54) is 11.1 Å². The summed E-state index contributed by atoms with van der Waals surface area (Å²) in [6, 6.07) is 1.15. The van der Waals surface area contributed by atoms with Gasteiger partial charge in [-0.3, -0.25) is 5.32 Å². The molecule has 2 amide bonds. The van der Waals surface area contributed by atoms with Gasteiger partial charge in [-0.25, -0.2) is 9.78 Å². The van der Waals surface area contributed by atoms with Gasteiger partial charge in [-0.2, -0.15) is 17.6 Å². The number of hydrogen-bond acceptors (Lipinski definition) is 4. The second-order valence-corrected chi connectivity index (χ2v) is 6.03. The molecule has 2 atom stereocenters. The maximum Gasteiger partial charge on any atom is 0.452 e. The summed E-state index contributed by atoms with van der Waals surface area (Å²) in [6.07, 6.45) is -1.68. The highest BCUT2D eigenvalue weighted by molar-refractivity contribution is 5.89. The Morgan fingerprint density at radius 1 is 1.36 bits per heavy atom. The lowest BCUT2D eigenvalue weighted by Gasteiger charge is -2.35. The normalized spacial score (nSPS) is 22.0. The van der Waals surface area contributed by atoms with Crippen molar-refractivity contribution in [2.45, 2.75) is 37.5 Å². The first-order chi connectivity index (χ1) is 11.8. The summed E-state index contributed by atoms with van der Waals surface area (Å²) in [7, 11) is 0. The van der Waals surface area contributed by atoms with Crippen LogP contribution in [0.4, 0.5) is 28.2 Å². The number of anilines is 1. The number of amides is 2. The highest BCUT2D eigenvalue weighted by Gasteiger charge is 2.44. The molecule has 0 aliphatic carbocycles. The molecule has 6 nitrogen and oxygen atoms in total. The SMILES string of the molecule is O=C(Nc1cc(C(F)(F)F)on1)N1C2CCC1c1ccnc(F)c1C2. The van der Waals surface area contributed by atoms with E-state index in [4.69, 9.17) is 0 Å². The summed E-state index contributed by atoms with van der Waals surface area (Å²) in [6.45, 7) is 0. The molecule has 2 bridgehead atoms. The minimum Gasteiger partial charge on any atom is -0.349 e. The van der Waals surface area contributed by atoms with Crippen LogP contribution in [0.5, 0.6) is 0 Å². The van der Waals surface area contributed by atoms with E-state index in [1.807, 2.05) is 0 Å². The number of pyridine rings is 1. The Kier molecular flexibility index (Phi) is 3.44. The largest absolute Gasteiger partial charge is 0.452 e. The van der Waals surface area contributed by atoms with Crippen molar-refractivity contribution >= 4 is 11.8 Å². The average molecular weight is 356 g/mol. The van der Waals surface area contributed by atoms with Crippen molar-refractivity contribution in [3.8, 4) is 0 Å². The van der Waals surface area contributed by atoms with Crippen molar-refractivity contribution in [3.05, 3.63) is 41.2 Å². The summed E-state index contributed by atoms with van der Waals surface area (Å²) in [5.41, 5.74) is 1.19. The Bertz CT molecular complexity index is 835. The zero-order valence-corrected chi connectivity index (χ0v) is 12.7. The first kappa shape index (κ1) is 15.9. The Labute approximate surface area is 138 Å². The molecule has 1 saturated heterocycles.